The zero-order valence-corrected chi connectivity index (χ0v) is 15.2. The number of aromatic nitrogens is 2. The Hall–Kier alpha value is -1.90. The number of fused-ring (bicyclic) bond motifs is 1. The average Bonchev–Trinajstić information content (AvgIpc) is 3.09. The van der Waals surface area contributed by atoms with Crippen LogP contribution in [0.5, 0.6) is 0 Å². The smallest absolute Gasteiger partial charge is 0.274 e. The molecule has 3 N–H and O–H groups in total. The van der Waals surface area contributed by atoms with Gasteiger partial charge in [0.05, 0.1) is 5.56 Å². The largest absolute Gasteiger partial charge is 0.365 e. The summed E-state index contributed by atoms with van der Waals surface area (Å²) in [5, 5.41) is 7.34. The maximum Gasteiger partial charge on any atom is 0.274 e. The Labute approximate surface area is 150 Å². The molecule has 1 aliphatic rings. The number of hydrogen-bond acceptors (Lipinski definition) is 5. The number of hydrogen-bond donors (Lipinski definition) is 2. The van der Waals surface area contributed by atoms with E-state index in [-0.39, 0.29) is 18.3 Å². The van der Waals surface area contributed by atoms with Gasteiger partial charge in [-0.3, -0.25) is 19.2 Å². The Balaban J connectivity index is 0.00000208. The standard InChI is InChI=1S/C15H19N5O2S.ClH/c1-3-20-7-5-9-11(8-20)23-15(12(9)13(16)21)18-14(22)10-4-6-17-19(10)2;/h4,6H,3,5,7-8H2,1-2H3,(H2,16,21)(H,18,22);1H. The Morgan fingerprint density at radius 2 is 2.21 bits per heavy atom. The molecule has 24 heavy (non-hydrogen) atoms. The fourth-order valence-electron chi connectivity index (χ4n) is 2.84. The first-order valence-corrected chi connectivity index (χ1v) is 8.29. The van der Waals surface area contributed by atoms with Gasteiger partial charge in [0.25, 0.3) is 11.8 Å². The van der Waals surface area contributed by atoms with Gasteiger partial charge in [-0.1, -0.05) is 6.92 Å². The third kappa shape index (κ3) is 3.31. The van der Waals surface area contributed by atoms with Crippen molar-refractivity contribution in [2.75, 3.05) is 18.4 Å². The fraction of sp³-hybridized carbons (Fsp3) is 0.400. The van der Waals surface area contributed by atoms with Gasteiger partial charge in [0.2, 0.25) is 0 Å². The molecule has 0 atom stereocenters. The van der Waals surface area contributed by atoms with Gasteiger partial charge in [-0.05, 0) is 24.6 Å². The molecule has 1 aliphatic heterocycles. The van der Waals surface area contributed by atoms with Crippen LogP contribution in [0, 0.1) is 0 Å². The predicted octanol–water partition coefficient (Wildman–Crippen LogP) is 1.63. The molecule has 3 rings (SSSR count). The third-order valence-electron chi connectivity index (χ3n) is 4.11. The van der Waals surface area contributed by atoms with E-state index in [4.69, 9.17) is 5.73 Å². The molecule has 7 nitrogen and oxygen atoms in total. The van der Waals surface area contributed by atoms with Crippen molar-refractivity contribution in [3.8, 4) is 0 Å². The van der Waals surface area contributed by atoms with Crippen molar-refractivity contribution in [2.24, 2.45) is 12.8 Å². The van der Waals surface area contributed by atoms with Gasteiger partial charge >= 0.3 is 0 Å². The lowest BCUT2D eigenvalue weighted by molar-refractivity contribution is 0.1000. The summed E-state index contributed by atoms with van der Waals surface area (Å²) >= 11 is 1.44. The van der Waals surface area contributed by atoms with Gasteiger partial charge in [-0.25, -0.2) is 0 Å². The van der Waals surface area contributed by atoms with Crippen LogP contribution in [0.4, 0.5) is 5.00 Å². The first-order valence-electron chi connectivity index (χ1n) is 7.47. The molecule has 2 aromatic heterocycles. The van der Waals surface area contributed by atoms with E-state index >= 15 is 0 Å². The zero-order chi connectivity index (χ0) is 16.6. The molecule has 0 unspecified atom stereocenters. The summed E-state index contributed by atoms with van der Waals surface area (Å²) in [6.07, 6.45) is 2.34. The molecule has 0 bridgehead atoms. The summed E-state index contributed by atoms with van der Waals surface area (Å²) < 4.78 is 1.49. The SMILES string of the molecule is CCN1CCc2c(sc(NC(=O)c3ccnn3C)c2C(N)=O)C1.Cl. The number of carbonyl (C=O) groups is 2. The van der Waals surface area contributed by atoms with Crippen molar-refractivity contribution < 1.29 is 9.59 Å². The lowest BCUT2D eigenvalue weighted by Gasteiger charge is -2.25. The van der Waals surface area contributed by atoms with Crippen LogP contribution in [0.1, 0.15) is 38.2 Å². The highest BCUT2D eigenvalue weighted by molar-refractivity contribution is 7.17. The summed E-state index contributed by atoms with van der Waals surface area (Å²) in [5.41, 5.74) is 7.43. The molecule has 2 amide bonds. The summed E-state index contributed by atoms with van der Waals surface area (Å²) in [6.45, 7) is 4.76. The predicted molar refractivity (Wildman–Crippen MR) is 95.9 cm³/mol. The number of halogens is 1. The van der Waals surface area contributed by atoms with Gasteiger partial charge in [0, 0.05) is 31.2 Å². The van der Waals surface area contributed by atoms with E-state index in [2.05, 4.69) is 22.2 Å². The number of nitrogens with one attached hydrogen (secondary N) is 1. The summed E-state index contributed by atoms with van der Waals surface area (Å²) in [5.74, 6) is -0.786. The highest BCUT2D eigenvalue weighted by Crippen LogP contribution is 2.37. The molecule has 9 heteroatoms. The number of rotatable bonds is 4. The van der Waals surface area contributed by atoms with Crippen molar-refractivity contribution in [1.82, 2.24) is 14.7 Å². The molecular weight excluding hydrogens is 350 g/mol. The second-order valence-corrected chi connectivity index (χ2v) is 6.59. The van der Waals surface area contributed by atoms with E-state index in [0.717, 1.165) is 36.5 Å². The number of aryl methyl sites for hydroxylation is 1. The number of anilines is 1. The van der Waals surface area contributed by atoms with E-state index in [9.17, 15) is 9.59 Å². The maximum atomic E-state index is 12.4. The number of primary amides is 1. The van der Waals surface area contributed by atoms with Crippen molar-refractivity contribution in [3.63, 3.8) is 0 Å². The van der Waals surface area contributed by atoms with Crippen LogP contribution in [0.15, 0.2) is 12.3 Å². The van der Waals surface area contributed by atoms with Crippen molar-refractivity contribution in [3.05, 3.63) is 34.0 Å². The topological polar surface area (TPSA) is 93.2 Å². The van der Waals surface area contributed by atoms with Gasteiger partial charge in [0.1, 0.15) is 10.7 Å². The quantitative estimate of drug-likeness (QED) is 0.856. The lowest BCUT2D eigenvalue weighted by atomic mass is 10.0. The Kier molecular flexibility index (Phi) is 5.63. The van der Waals surface area contributed by atoms with Crippen LogP contribution in [-0.2, 0) is 20.0 Å². The van der Waals surface area contributed by atoms with E-state index in [0.29, 0.717) is 16.3 Å². The molecule has 2 aromatic rings. The first kappa shape index (κ1) is 18.4. The minimum atomic E-state index is -0.493. The molecule has 3 heterocycles. The minimum absolute atomic E-state index is 0. The maximum absolute atomic E-state index is 12.4. The number of likely N-dealkylation sites (N-methyl/N-ethyl adjacent to an activating group) is 1. The van der Waals surface area contributed by atoms with E-state index in [1.807, 2.05) is 0 Å². The second kappa shape index (κ2) is 7.33. The van der Waals surface area contributed by atoms with Crippen molar-refractivity contribution >= 4 is 40.6 Å². The normalized spacial score (nSPS) is 13.9. The van der Waals surface area contributed by atoms with Crippen molar-refractivity contribution in [2.45, 2.75) is 19.9 Å². The Bertz CT molecular complexity index is 770. The summed E-state index contributed by atoms with van der Waals surface area (Å²) in [6, 6.07) is 1.63. The number of nitrogens with two attached hydrogens (primary N) is 1. The average molecular weight is 370 g/mol. The zero-order valence-electron chi connectivity index (χ0n) is 13.5. The van der Waals surface area contributed by atoms with Crippen LogP contribution in [0.3, 0.4) is 0 Å². The number of carbonyl (C=O) groups excluding carboxylic acids is 2. The Morgan fingerprint density at radius 1 is 1.46 bits per heavy atom. The first-order chi connectivity index (χ1) is 11.0. The molecule has 0 aliphatic carbocycles. The van der Waals surface area contributed by atoms with Crippen LogP contribution in [-0.4, -0.2) is 39.6 Å². The summed E-state index contributed by atoms with van der Waals surface area (Å²) in [7, 11) is 1.70. The van der Waals surface area contributed by atoms with Gasteiger partial charge in [0.15, 0.2) is 0 Å². The molecule has 0 radical (unpaired) electrons. The van der Waals surface area contributed by atoms with Crippen LogP contribution in [0.2, 0.25) is 0 Å². The van der Waals surface area contributed by atoms with Gasteiger partial charge in [-0.2, -0.15) is 5.10 Å². The highest BCUT2D eigenvalue weighted by atomic mass is 35.5. The van der Waals surface area contributed by atoms with E-state index < -0.39 is 5.91 Å². The van der Waals surface area contributed by atoms with Gasteiger partial charge in [-0.15, -0.1) is 23.7 Å². The molecular formula is C15H20ClN5O2S. The monoisotopic (exact) mass is 369 g/mol. The summed E-state index contributed by atoms with van der Waals surface area (Å²) in [4.78, 5) is 27.7. The Morgan fingerprint density at radius 3 is 2.79 bits per heavy atom. The van der Waals surface area contributed by atoms with Gasteiger partial charge < -0.3 is 11.1 Å². The molecule has 130 valence electrons. The second-order valence-electron chi connectivity index (χ2n) is 5.49. The molecule has 0 aromatic carbocycles. The minimum Gasteiger partial charge on any atom is -0.365 e. The number of amides is 2. The third-order valence-corrected chi connectivity index (χ3v) is 5.24. The molecule has 0 fully saturated rings. The van der Waals surface area contributed by atoms with Crippen molar-refractivity contribution in [1.29, 1.82) is 0 Å². The van der Waals surface area contributed by atoms with Crippen LogP contribution < -0.4 is 11.1 Å². The van der Waals surface area contributed by atoms with Crippen LogP contribution in [0.25, 0.3) is 0 Å². The number of thiophene rings is 1. The highest BCUT2D eigenvalue weighted by Gasteiger charge is 2.27. The molecule has 0 saturated heterocycles. The number of nitrogens with zero attached hydrogens (tertiary/aromatic N) is 3. The van der Waals surface area contributed by atoms with E-state index in [1.54, 1.807) is 19.3 Å². The van der Waals surface area contributed by atoms with E-state index in [1.165, 1.54) is 16.0 Å². The fourth-order valence-corrected chi connectivity index (χ4v) is 4.13. The molecule has 0 saturated carbocycles. The lowest BCUT2D eigenvalue weighted by Crippen LogP contribution is -2.30. The van der Waals surface area contributed by atoms with Crippen LogP contribution >= 0.6 is 23.7 Å². The molecule has 0 spiro atoms.